The van der Waals surface area contributed by atoms with Crippen LogP contribution in [0.4, 0.5) is 0 Å². The van der Waals surface area contributed by atoms with Gasteiger partial charge in [0.05, 0.1) is 6.61 Å². The molecule has 178 valence electrons. The molecule has 1 aromatic rings. The van der Waals surface area contributed by atoms with E-state index >= 15 is 0 Å². The highest BCUT2D eigenvalue weighted by molar-refractivity contribution is 7.71. The molecule has 10 heteroatoms. The summed E-state index contributed by atoms with van der Waals surface area (Å²) in [5.74, 6) is 0. The van der Waals surface area contributed by atoms with Crippen LogP contribution >= 0.6 is 12.2 Å². The third kappa shape index (κ3) is 5.66. The molecule has 0 amide bonds. The van der Waals surface area contributed by atoms with E-state index in [-0.39, 0.29) is 27.0 Å². The van der Waals surface area contributed by atoms with Crippen molar-refractivity contribution in [1.82, 2.24) is 9.55 Å². The van der Waals surface area contributed by atoms with Gasteiger partial charge in [0.15, 0.2) is 27.6 Å². The highest BCUT2D eigenvalue weighted by Crippen LogP contribution is 2.45. The number of nitrogens with zero attached hydrogens (tertiary/aromatic N) is 1. The molecule has 1 aromatic heterocycles. The quantitative estimate of drug-likeness (QED) is 0.450. The second-order valence-corrected chi connectivity index (χ2v) is 21.3. The van der Waals surface area contributed by atoms with Crippen molar-refractivity contribution in [2.75, 3.05) is 6.61 Å². The maximum atomic E-state index is 11.7. The first-order valence-electron chi connectivity index (χ1n) is 10.8. The lowest BCUT2D eigenvalue weighted by atomic mass is 10.1. The van der Waals surface area contributed by atoms with Crippen molar-refractivity contribution in [3.05, 3.63) is 27.4 Å². The highest BCUT2D eigenvalue weighted by Gasteiger charge is 2.54. The second-order valence-electron chi connectivity index (χ2n) is 11.5. The Balaban J connectivity index is 2.57. The van der Waals surface area contributed by atoms with Gasteiger partial charge in [-0.15, -0.1) is 0 Å². The lowest BCUT2D eigenvalue weighted by molar-refractivity contribution is -0.0521. The molecule has 31 heavy (non-hydrogen) atoms. The minimum absolute atomic E-state index is 0.0130. The van der Waals surface area contributed by atoms with Crippen LogP contribution in [0.25, 0.3) is 0 Å². The van der Waals surface area contributed by atoms with Gasteiger partial charge in [0.1, 0.15) is 18.3 Å². The van der Waals surface area contributed by atoms with E-state index in [1.807, 2.05) is 0 Å². The maximum Gasteiger partial charge on any atom is 0.251 e. The molecule has 1 aliphatic heterocycles. The SMILES string of the molecule is CC(C)(C)[Si](C)(C)OC1[C@@H](O[Si](C)(C)C(C)(C)C)[C@@H](CO)O[C@H]1n1ccc(=O)[nH]c1=S. The molecule has 4 atom stereocenters. The zero-order chi connectivity index (χ0) is 24.0. The Kier molecular flexibility index (Phi) is 7.70. The molecular weight excluding hydrogens is 448 g/mol. The van der Waals surface area contributed by atoms with E-state index in [9.17, 15) is 9.90 Å². The van der Waals surface area contributed by atoms with Crippen molar-refractivity contribution in [2.45, 2.75) is 102 Å². The molecule has 0 saturated carbocycles. The average molecular weight is 489 g/mol. The molecule has 7 nitrogen and oxygen atoms in total. The lowest BCUT2D eigenvalue weighted by Gasteiger charge is -2.44. The van der Waals surface area contributed by atoms with E-state index in [2.05, 4.69) is 72.7 Å². The monoisotopic (exact) mass is 488 g/mol. The van der Waals surface area contributed by atoms with Gasteiger partial charge >= 0.3 is 0 Å². The molecule has 0 bridgehead atoms. The fourth-order valence-corrected chi connectivity index (χ4v) is 5.88. The topological polar surface area (TPSA) is 85.7 Å². The van der Waals surface area contributed by atoms with Crippen LogP contribution in [0.2, 0.25) is 36.3 Å². The number of ether oxygens (including phenoxy) is 1. The van der Waals surface area contributed by atoms with Crippen LogP contribution in [0.3, 0.4) is 0 Å². The fraction of sp³-hybridized carbons (Fsp3) is 0.810. The van der Waals surface area contributed by atoms with Crippen LogP contribution in [-0.4, -0.2) is 56.2 Å². The first kappa shape index (κ1) is 26.6. The molecule has 1 saturated heterocycles. The van der Waals surface area contributed by atoms with Gasteiger partial charge < -0.3 is 18.7 Å². The van der Waals surface area contributed by atoms with Gasteiger partial charge in [0.2, 0.25) is 0 Å². The van der Waals surface area contributed by atoms with E-state index in [4.69, 9.17) is 25.8 Å². The minimum Gasteiger partial charge on any atom is -0.408 e. The molecule has 1 unspecified atom stereocenters. The summed E-state index contributed by atoms with van der Waals surface area (Å²) >= 11 is 5.41. The third-order valence-electron chi connectivity index (χ3n) is 7.06. The minimum atomic E-state index is -2.22. The normalized spacial score (nSPS) is 25.8. The van der Waals surface area contributed by atoms with Crippen molar-refractivity contribution in [1.29, 1.82) is 0 Å². The zero-order valence-electron chi connectivity index (χ0n) is 20.6. The summed E-state index contributed by atoms with van der Waals surface area (Å²) in [5.41, 5.74) is -0.270. The van der Waals surface area contributed by atoms with E-state index in [1.54, 1.807) is 10.8 Å². The van der Waals surface area contributed by atoms with Crippen LogP contribution < -0.4 is 5.56 Å². The first-order valence-corrected chi connectivity index (χ1v) is 17.1. The first-order chi connectivity index (χ1) is 13.9. The van der Waals surface area contributed by atoms with Gasteiger partial charge in [-0.1, -0.05) is 41.5 Å². The summed E-state index contributed by atoms with van der Waals surface area (Å²) in [5, 5.41) is 10.1. The third-order valence-corrected chi connectivity index (χ3v) is 16.3. The van der Waals surface area contributed by atoms with Crippen LogP contribution in [0, 0.1) is 4.77 Å². The maximum absolute atomic E-state index is 11.7. The predicted molar refractivity (Wildman–Crippen MR) is 131 cm³/mol. The number of rotatable bonds is 6. The molecular formula is C21H40N2O5SSi2. The molecule has 1 aliphatic rings. The molecule has 0 radical (unpaired) electrons. The van der Waals surface area contributed by atoms with Crippen LogP contribution in [0.15, 0.2) is 17.1 Å². The molecule has 2 heterocycles. The Hall–Kier alpha value is -0.626. The zero-order valence-corrected chi connectivity index (χ0v) is 23.4. The Bertz CT molecular complexity index is 885. The van der Waals surface area contributed by atoms with Crippen molar-refractivity contribution >= 4 is 28.9 Å². The molecule has 2 N–H and O–H groups in total. The van der Waals surface area contributed by atoms with E-state index in [1.165, 1.54) is 6.07 Å². The summed E-state index contributed by atoms with van der Waals surface area (Å²) in [6.45, 7) is 21.6. The van der Waals surface area contributed by atoms with Crippen molar-refractivity contribution < 1.29 is 18.7 Å². The number of hydrogen-bond donors (Lipinski definition) is 2. The number of aromatic nitrogens is 2. The van der Waals surface area contributed by atoms with Gasteiger partial charge in [0, 0.05) is 12.3 Å². The molecule has 0 spiro atoms. The van der Waals surface area contributed by atoms with Crippen LogP contribution in [0.5, 0.6) is 0 Å². The van der Waals surface area contributed by atoms with E-state index in [0.717, 1.165) is 0 Å². The molecule has 1 fully saturated rings. The Morgan fingerprint density at radius 2 is 1.55 bits per heavy atom. The number of aromatic amines is 1. The second kappa shape index (κ2) is 8.96. The fourth-order valence-electron chi connectivity index (χ4n) is 3.01. The van der Waals surface area contributed by atoms with Crippen molar-refractivity contribution in [2.24, 2.45) is 0 Å². The number of H-pyrrole nitrogens is 1. The molecule has 2 rings (SSSR count). The summed E-state index contributed by atoms with van der Waals surface area (Å²) in [6, 6.07) is 1.42. The highest BCUT2D eigenvalue weighted by atomic mass is 32.1. The Morgan fingerprint density at radius 1 is 1.06 bits per heavy atom. The number of aliphatic hydroxyl groups excluding tert-OH is 1. The molecule has 0 aliphatic carbocycles. The summed E-state index contributed by atoms with van der Waals surface area (Å²) < 4.78 is 21.9. The van der Waals surface area contributed by atoms with Crippen molar-refractivity contribution in [3.63, 3.8) is 0 Å². The van der Waals surface area contributed by atoms with Crippen LogP contribution in [0.1, 0.15) is 47.8 Å². The largest absolute Gasteiger partial charge is 0.408 e. The standard InChI is InChI=1S/C21H40N2O5SSi2/c1-20(2,3)30(7,8)27-16-14(13-24)26-18(23-12-11-15(25)22-19(23)29)17(16)28-31(9,10)21(4,5)6/h11-12,14,16-18,24H,13H2,1-10H3,(H,22,25,29)/t14-,16+,17?,18-/m1/s1. The lowest BCUT2D eigenvalue weighted by Crippen LogP contribution is -2.54. The number of hydrogen-bond acceptors (Lipinski definition) is 6. The van der Waals surface area contributed by atoms with Gasteiger partial charge in [-0.2, -0.15) is 0 Å². The van der Waals surface area contributed by atoms with E-state index in [0.29, 0.717) is 0 Å². The number of nitrogens with one attached hydrogen (secondary N) is 1. The summed E-state index contributed by atoms with van der Waals surface area (Å²) in [6.07, 6.45) is -0.450. The molecule has 0 aromatic carbocycles. The summed E-state index contributed by atoms with van der Waals surface area (Å²) in [7, 11) is -4.42. The Morgan fingerprint density at radius 3 is 1.97 bits per heavy atom. The van der Waals surface area contributed by atoms with Crippen molar-refractivity contribution in [3.8, 4) is 0 Å². The summed E-state index contributed by atoms with van der Waals surface area (Å²) in [4.78, 5) is 14.4. The smallest absolute Gasteiger partial charge is 0.251 e. The van der Waals surface area contributed by atoms with E-state index < -0.39 is 41.2 Å². The van der Waals surface area contributed by atoms with Gasteiger partial charge in [-0.25, -0.2) is 0 Å². The van der Waals surface area contributed by atoms with Gasteiger partial charge in [-0.3, -0.25) is 14.3 Å². The van der Waals surface area contributed by atoms with Crippen LogP contribution in [-0.2, 0) is 13.6 Å². The number of aliphatic hydroxyl groups is 1. The predicted octanol–water partition coefficient (Wildman–Crippen LogP) is 4.58. The van der Waals surface area contributed by atoms with Gasteiger partial charge in [-0.05, 0) is 48.5 Å². The average Bonchev–Trinajstić information content (AvgIpc) is 2.89. The van der Waals surface area contributed by atoms with Gasteiger partial charge in [0.25, 0.3) is 5.56 Å². The Labute approximate surface area is 193 Å².